The maximum atomic E-state index is 10.9. The average Bonchev–Trinajstić information content (AvgIpc) is 2.15. The first-order valence-corrected chi connectivity index (χ1v) is 4.48. The number of hydrogen-bond acceptors (Lipinski definition) is 2. The van der Waals surface area contributed by atoms with Crippen molar-refractivity contribution in [1.29, 1.82) is 5.26 Å². The van der Waals surface area contributed by atoms with Crippen molar-refractivity contribution in [1.82, 2.24) is 5.32 Å². The van der Waals surface area contributed by atoms with Gasteiger partial charge in [0.1, 0.15) is 6.42 Å². The van der Waals surface area contributed by atoms with E-state index in [1.807, 2.05) is 12.1 Å². The second-order valence-electron chi connectivity index (χ2n) is 2.74. The molecule has 3 nitrogen and oxygen atoms in total. The number of nitrogens with one attached hydrogen (secondary N) is 1. The quantitative estimate of drug-likeness (QED) is 0.825. The van der Waals surface area contributed by atoms with Gasteiger partial charge in [-0.2, -0.15) is 5.26 Å². The Balaban J connectivity index is 2.46. The van der Waals surface area contributed by atoms with Crippen LogP contribution >= 0.6 is 11.6 Å². The number of carbonyl (C=O) groups excluding carboxylic acids is 1. The summed E-state index contributed by atoms with van der Waals surface area (Å²) in [5.74, 6) is -0.271. The van der Waals surface area contributed by atoms with Crippen LogP contribution in [0.25, 0.3) is 0 Å². The molecular formula is C10H9ClN2O. The first kappa shape index (κ1) is 10.6. The van der Waals surface area contributed by atoms with Crippen LogP contribution in [0.15, 0.2) is 24.3 Å². The summed E-state index contributed by atoms with van der Waals surface area (Å²) in [7, 11) is 0. The van der Waals surface area contributed by atoms with Crippen LogP contribution in [0.5, 0.6) is 0 Å². The lowest BCUT2D eigenvalue weighted by atomic mass is 10.2. The molecular weight excluding hydrogens is 200 g/mol. The molecule has 0 radical (unpaired) electrons. The lowest BCUT2D eigenvalue weighted by Crippen LogP contribution is -2.21. The fourth-order valence-electron chi connectivity index (χ4n) is 0.982. The van der Waals surface area contributed by atoms with E-state index in [-0.39, 0.29) is 12.3 Å². The number of nitrogens with zero attached hydrogens (tertiary/aromatic N) is 1. The molecule has 0 saturated heterocycles. The van der Waals surface area contributed by atoms with Gasteiger partial charge in [0.15, 0.2) is 0 Å². The number of carbonyl (C=O) groups is 1. The van der Waals surface area contributed by atoms with Gasteiger partial charge in [-0.3, -0.25) is 4.79 Å². The summed E-state index contributed by atoms with van der Waals surface area (Å²) in [6.45, 7) is 0.404. The first-order chi connectivity index (χ1) is 6.72. The van der Waals surface area contributed by atoms with E-state index in [9.17, 15) is 4.79 Å². The van der Waals surface area contributed by atoms with Gasteiger partial charge in [0, 0.05) is 11.6 Å². The number of hydrogen-bond donors (Lipinski definition) is 1. The van der Waals surface area contributed by atoms with E-state index in [1.54, 1.807) is 18.2 Å². The van der Waals surface area contributed by atoms with Gasteiger partial charge in [0.05, 0.1) is 6.07 Å². The number of amides is 1. The number of benzene rings is 1. The molecule has 1 aromatic carbocycles. The summed E-state index contributed by atoms with van der Waals surface area (Å²) in [4.78, 5) is 10.9. The van der Waals surface area contributed by atoms with Crippen molar-refractivity contribution >= 4 is 17.5 Å². The van der Waals surface area contributed by atoms with Gasteiger partial charge in [0.25, 0.3) is 0 Å². The van der Waals surface area contributed by atoms with Crippen LogP contribution in [-0.2, 0) is 11.3 Å². The molecule has 0 aromatic heterocycles. The van der Waals surface area contributed by atoms with E-state index < -0.39 is 0 Å². The van der Waals surface area contributed by atoms with Crippen molar-refractivity contribution in [3.8, 4) is 6.07 Å². The van der Waals surface area contributed by atoms with E-state index in [4.69, 9.17) is 16.9 Å². The molecule has 1 rings (SSSR count). The fraction of sp³-hybridized carbons (Fsp3) is 0.200. The van der Waals surface area contributed by atoms with Crippen LogP contribution < -0.4 is 5.32 Å². The van der Waals surface area contributed by atoms with Crippen LogP contribution in [0.3, 0.4) is 0 Å². The van der Waals surface area contributed by atoms with Crippen molar-refractivity contribution in [2.75, 3.05) is 0 Å². The topological polar surface area (TPSA) is 52.9 Å². The Morgan fingerprint density at radius 1 is 1.57 bits per heavy atom. The van der Waals surface area contributed by atoms with E-state index in [1.165, 1.54) is 0 Å². The van der Waals surface area contributed by atoms with Gasteiger partial charge in [-0.05, 0) is 17.7 Å². The van der Waals surface area contributed by atoms with Gasteiger partial charge in [0.2, 0.25) is 5.91 Å². The molecule has 4 heteroatoms. The lowest BCUT2D eigenvalue weighted by Gasteiger charge is -2.02. The summed E-state index contributed by atoms with van der Waals surface area (Å²) >= 11 is 5.76. The van der Waals surface area contributed by atoms with Crippen molar-refractivity contribution in [2.24, 2.45) is 0 Å². The highest BCUT2D eigenvalue weighted by molar-refractivity contribution is 6.30. The molecule has 0 aliphatic heterocycles. The Morgan fingerprint density at radius 3 is 3.00 bits per heavy atom. The Kier molecular flexibility index (Phi) is 3.96. The maximum Gasteiger partial charge on any atom is 0.234 e. The summed E-state index contributed by atoms with van der Waals surface area (Å²) < 4.78 is 0. The molecule has 0 saturated carbocycles. The smallest absolute Gasteiger partial charge is 0.234 e. The lowest BCUT2D eigenvalue weighted by molar-refractivity contribution is -0.120. The summed E-state index contributed by atoms with van der Waals surface area (Å²) in [6, 6.07) is 8.99. The van der Waals surface area contributed by atoms with Crippen LogP contribution in [-0.4, -0.2) is 5.91 Å². The largest absolute Gasteiger partial charge is 0.351 e. The fourth-order valence-corrected chi connectivity index (χ4v) is 1.19. The van der Waals surface area contributed by atoms with Crippen LogP contribution in [0, 0.1) is 11.3 Å². The Bertz CT molecular complexity index is 371. The van der Waals surface area contributed by atoms with E-state index in [0.717, 1.165) is 5.56 Å². The van der Waals surface area contributed by atoms with Gasteiger partial charge in [-0.1, -0.05) is 23.7 Å². The predicted molar refractivity (Wildman–Crippen MR) is 53.5 cm³/mol. The van der Waals surface area contributed by atoms with Crippen molar-refractivity contribution < 1.29 is 4.79 Å². The number of nitriles is 1. The third-order valence-corrected chi connectivity index (χ3v) is 1.85. The summed E-state index contributed by atoms with van der Waals surface area (Å²) in [6.07, 6.45) is -0.111. The molecule has 0 atom stereocenters. The SMILES string of the molecule is N#CCC(=O)NCc1cccc(Cl)c1. The van der Waals surface area contributed by atoms with Gasteiger partial charge < -0.3 is 5.32 Å². The monoisotopic (exact) mass is 208 g/mol. The van der Waals surface area contributed by atoms with Crippen molar-refractivity contribution in [3.05, 3.63) is 34.9 Å². The second kappa shape index (κ2) is 5.25. The Hall–Kier alpha value is -1.53. The Morgan fingerprint density at radius 2 is 2.36 bits per heavy atom. The van der Waals surface area contributed by atoms with E-state index in [2.05, 4.69) is 5.32 Å². The summed E-state index contributed by atoms with van der Waals surface area (Å²) in [5, 5.41) is 11.5. The number of rotatable bonds is 3. The van der Waals surface area contributed by atoms with E-state index in [0.29, 0.717) is 11.6 Å². The molecule has 0 heterocycles. The highest BCUT2D eigenvalue weighted by Gasteiger charge is 1.99. The van der Waals surface area contributed by atoms with E-state index >= 15 is 0 Å². The minimum Gasteiger partial charge on any atom is -0.351 e. The van der Waals surface area contributed by atoms with Crippen molar-refractivity contribution in [2.45, 2.75) is 13.0 Å². The minimum atomic E-state index is -0.271. The van der Waals surface area contributed by atoms with Crippen LogP contribution in [0.2, 0.25) is 5.02 Å². The Labute approximate surface area is 87.3 Å². The third-order valence-electron chi connectivity index (χ3n) is 1.62. The highest BCUT2D eigenvalue weighted by atomic mass is 35.5. The minimum absolute atomic E-state index is 0.111. The molecule has 72 valence electrons. The van der Waals surface area contributed by atoms with Gasteiger partial charge >= 0.3 is 0 Å². The van der Waals surface area contributed by atoms with Gasteiger partial charge in [-0.25, -0.2) is 0 Å². The summed E-state index contributed by atoms with van der Waals surface area (Å²) in [5.41, 5.74) is 0.920. The van der Waals surface area contributed by atoms with Crippen LogP contribution in [0.4, 0.5) is 0 Å². The van der Waals surface area contributed by atoms with Gasteiger partial charge in [-0.15, -0.1) is 0 Å². The zero-order chi connectivity index (χ0) is 10.4. The molecule has 0 aliphatic rings. The molecule has 1 N–H and O–H groups in total. The molecule has 0 bridgehead atoms. The molecule has 0 unspecified atom stereocenters. The molecule has 0 fully saturated rings. The second-order valence-corrected chi connectivity index (χ2v) is 3.18. The first-order valence-electron chi connectivity index (χ1n) is 4.10. The third kappa shape index (κ3) is 3.46. The van der Waals surface area contributed by atoms with Crippen LogP contribution in [0.1, 0.15) is 12.0 Å². The average molecular weight is 209 g/mol. The molecule has 14 heavy (non-hydrogen) atoms. The zero-order valence-electron chi connectivity index (χ0n) is 7.46. The zero-order valence-corrected chi connectivity index (χ0v) is 8.21. The highest BCUT2D eigenvalue weighted by Crippen LogP contribution is 2.10. The maximum absolute atomic E-state index is 10.9. The molecule has 0 aliphatic carbocycles. The predicted octanol–water partition coefficient (Wildman–Crippen LogP) is 1.87. The standard InChI is InChI=1S/C10H9ClN2O/c11-9-3-1-2-8(6-9)7-13-10(14)4-5-12/h1-3,6H,4,7H2,(H,13,14). The van der Waals surface area contributed by atoms with Crippen molar-refractivity contribution in [3.63, 3.8) is 0 Å². The molecule has 0 spiro atoms. The normalized spacial score (nSPS) is 9.14. The molecule has 1 amide bonds. The number of halogens is 1. The molecule has 1 aromatic rings.